The van der Waals surface area contributed by atoms with Crippen molar-refractivity contribution in [2.45, 2.75) is 38.7 Å². The number of hydrogen-bond donors (Lipinski definition) is 2. The zero-order valence-corrected chi connectivity index (χ0v) is 9.79. The molecule has 0 spiro atoms. The minimum Gasteiger partial charge on any atom is -0.508 e. The van der Waals surface area contributed by atoms with Crippen LogP contribution in [0, 0.1) is 6.92 Å². The topological polar surface area (TPSA) is 49.7 Å². The van der Waals surface area contributed by atoms with Crippen LogP contribution in [0.3, 0.4) is 0 Å². The zero-order chi connectivity index (χ0) is 11.8. The van der Waals surface area contributed by atoms with Gasteiger partial charge in [0, 0.05) is 13.0 Å². The van der Waals surface area contributed by atoms with Crippen molar-refractivity contribution in [3.8, 4) is 11.5 Å². The predicted molar refractivity (Wildman–Crippen MR) is 61.9 cm³/mol. The van der Waals surface area contributed by atoms with Gasteiger partial charge in [0.25, 0.3) is 0 Å². The molecule has 0 saturated heterocycles. The molecule has 1 aliphatic rings. The molecule has 1 aromatic rings. The number of aromatic hydroxyl groups is 1. The molecule has 3 nitrogen and oxygen atoms in total. The van der Waals surface area contributed by atoms with Crippen LogP contribution >= 0.6 is 0 Å². The number of hydrogen-bond acceptors (Lipinski definition) is 3. The molecule has 1 unspecified atom stereocenters. The van der Waals surface area contributed by atoms with Gasteiger partial charge in [-0.1, -0.05) is 0 Å². The molecule has 0 radical (unpaired) electrons. The number of aryl methyl sites for hydroxylation is 2. The standard InChI is InChI=1S/C13H18O3/c1-9-7-11(15)8-10-3-4-13(2,5-6-14)16-12(9)10/h7-8,14-15H,3-6H2,1-2H3. The van der Waals surface area contributed by atoms with E-state index in [0.717, 1.165) is 29.7 Å². The van der Waals surface area contributed by atoms with E-state index in [4.69, 9.17) is 9.84 Å². The third-order valence-electron chi connectivity index (χ3n) is 3.25. The van der Waals surface area contributed by atoms with E-state index in [-0.39, 0.29) is 12.2 Å². The SMILES string of the molecule is Cc1cc(O)cc2c1OC(C)(CCO)CC2. The third-order valence-corrected chi connectivity index (χ3v) is 3.25. The van der Waals surface area contributed by atoms with Crippen LogP contribution in [-0.2, 0) is 6.42 Å². The largest absolute Gasteiger partial charge is 0.508 e. The van der Waals surface area contributed by atoms with Crippen LogP contribution in [-0.4, -0.2) is 22.4 Å². The Balaban J connectivity index is 2.33. The number of rotatable bonds is 2. The lowest BCUT2D eigenvalue weighted by Gasteiger charge is -2.36. The molecule has 0 saturated carbocycles. The van der Waals surface area contributed by atoms with Gasteiger partial charge < -0.3 is 14.9 Å². The lowest BCUT2D eigenvalue weighted by Crippen LogP contribution is -2.37. The summed E-state index contributed by atoms with van der Waals surface area (Å²) in [5.41, 5.74) is 1.75. The Kier molecular flexibility index (Phi) is 2.80. The lowest BCUT2D eigenvalue weighted by atomic mass is 9.89. The van der Waals surface area contributed by atoms with Gasteiger partial charge in [-0.15, -0.1) is 0 Å². The Hall–Kier alpha value is -1.22. The Morgan fingerprint density at radius 2 is 2.19 bits per heavy atom. The molecule has 88 valence electrons. The first kappa shape index (κ1) is 11.3. The summed E-state index contributed by atoms with van der Waals surface area (Å²) in [4.78, 5) is 0. The summed E-state index contributed by atoms with van der Waals surface area (Å²) in [5.74, 6) is 1.17. The summed E-state index contributed by atoms with van der Waals surface area (Å²) < 4.78 is 5.97. The number of fused-ring (bicyclic) bond motifs is 1. The summed E-state index contributed by atoms with van der Waals surface area (Å²) in [6.07, 6.45) is 2.41. The molecular weight excluding hydrogens is 204 g/mol. The van der Waals surface area contributed by atoms with Crippen LogP contribution in [0.5, 0.6) is 11.5 Å². The van der Waals surface area contributed by atoms with Crippen molar-refractivity contribution < 1.29 is 14.9 Å². The van der Waals surface area contributed by atoms with Crippen molar-refractivity contribution in [3.05, 3.63) is 23.3 Å². The monoisotopic (exact) mass is 222 g/mol. The van der Waals surface area contributed by atoms with Gasteiger partial charge >= 0.3 is 0 Å². The first-order chi connectivity index (χ1) is 7.54. The average molecular weight is 222 g/mol. The fourth-order valence-corrected chi connectivity index (χ4v) is 2.27. The molecular formula is C13H18O3. The van der Waals surface area contributed by atoms with Gasteiger partial charge in [0.05, 0.1) is 0 Å². The maximum atomic E-state index is 9.51. The molecule has 0 aliphatic carbocycles. The first-order valence-electron chi connectivity index (χ1n) is 5.66. The lowest BCUT2D eigenvalue weighted by molar-refractivity contribution is 0.0380. The van der Waals surface area contributed by atoms with E-state index in [0.29, 0.717) is 12.2 Å². The van der Waals surface area contributed by atoms with Gasteiger partial charge in [0.1, 0.15) is 17.1 Å². The molecule has 2 N–H and O–H groups in total. The van der Waals surface area contributed by atoms with Crippen LogP contribution in [0.1, 0.15) is 30.9 Å². The smallest absolute Gasteiger partial charge is 0.126 e. The van der Waals surface area contributed by atoms with Gasteiger partial charge in [0.2, 0.25) is 0 Å². The molecule has 1 aliphatic heterocycles. The molecule has 2 rings (SSSR count). The maximum Gasteiger partial charge on any atom is 0.126 e. The van der Waals surface area contributed by atoms with Crippen LogP contribution < -0.4 is 4.74 Å². The van der Waals surface area contributed by atoms with Crippen molar-refractivity contribution in [2.24, 2.45) is 0 Å². The number of phenols is 1. The fraction of sp³-hybridized carbons (Fsp3) is 0.538. The Morgan fingerprint density at radius 1 is 1.44 bits per heavy atom. The molecule has 1 heterocycles. The highest BCUT2D eigenvalue weighted by Crippen LogP contribution is 2.39. The molecule has 0 amide bonds. The number of ether oxygens (including phenoxy) is 1. The fourth-order valence-electron chi connectivity index (χ4n) is 2.27. The van der Waals surface area contributed by atoms with E-state index < -0.39 is 0 Å². The van der Waals surface area contributed by atoms with E-state index in [1.165, 1.54) is 0 Å². The van der Waals surface area contributed by atoms with E-state index in [2.05, 4.69) is 0 Å². The summed E-state index contributed by atoms with van der Waals surface area (Å²) in [6, 6.07) is 3.48. The number of aliphatic hydroxyl groups excluding tert-OH is 1. The molecule has 1 aromatic carbocycles. The van der Waals surface area contributed by atoms with Crippen LogP contribution in [0.2, 0.25) is 0 Å². The molecule has 0 fully saturated rings. The minimum atomic E-state index is -0.274. The minimum absolute atomic E-state index is 0.142. The average Bonchev–Trinajstić information content (AvgIpc) is 2.20. The Bertz CT molecular complexity index is 400. The van der Waals surface area contributed by atoms with Gasteiger partial charge in [-0.25, -0.2) is 0 Å². The molecule has 1 atom stereocenters. The van der Waals surface area contributed by atoms with Gasteiger partial charge in [-0.05, 0) is 49.9 Å². The molecule has 0 aromatic heterocycles. The highest BCUT2D eigenvalue weighted by atomic mass is 16.5. The number of benzene rings is 1. The Labute approximate surface area is 95.7 Å². The highest BCUT2D eigenvalue weighted by molar-refractivity contribution is 5.47. The number of aliphatic hydroxyl groups is 1. The summed E-state index contributed by atoms with van der Waals surface area (Å²) in [6.45, 7) is 4.10. The Morgan fingerprint density at radius 3 is 2.88 bits per heavy atom. The van der Waals surface area contributed by atoms with Gasteiger partial charge in [-0.2, -0.15) is 0 Å². The van der Waals surface area contributed by atoms with E-state index >= 15 is 0 Å². The zero-order valence-electron chi connectivity index (χ0n) is 9.79. The third kappa shape index (κ3) is 2.00. The highest BCUT2D eigenvalue weighted by Gasteiger charge is 2.31. The van der Waals surface area contributed by atoms with Crippen molar-refractivity contribution in [3.63, 3.8) is 0 Å². The van der Waals surface area contributed by atoms with Crippen molar-refractivity contribution in [1.29, 1.82) is 0 Å². The maximum absolute atomic E-state index is 9.51. The first-order valence-corrected chi connectivity index (χ1v) is 5.66. The van der Waals surface area contributed by atoms with Crippen molar-refractivity contribution in [2.75, 3.05) is 6.61 Å². The molecule has 0 bridgehead atoms. The van der Waals surface area contributed by atoms with Crippen LogP contribution in [0.25, 0.3) is 0 Å². The van der Waals surface area contributed by atoms with E-state index in [9.17, 15) is 5.11 Å². The quantitative estimate of drug-likeness (QED) is 0.806. The number of phenolic OH excluding ortho intramolecular Hbond substituents is 1. The van der Waals surface area contributed by atoms with Crippen LogP contribution in [0.15, 0.2) is 12.1 Å². The van der Waals surface area contributed by atoms with Crippen LogP contribution in [0.4, 0.5) is 0 Å². The van der Waals surface area contributed by atoms with Crippen molar-refractivity contribution in [1.82, 2.24) is 0 Å². The van der Waals surface area contributed by atoms with E-state index in [1.54, 1.807) is 12.1 Å². The van der Waals surface area contributed by atoms with Crippen molar-refractivity contribution >= 4 is 0 Å². The predicted octanol–water partition coefficient (Wildman–Crippen LogP) is 2.17. The van der Waals surface area contributed by atoms with Gasteiger partial charge in [-0.3, -0.25) is 0 Å². The summed E-state index contributed by atoms with van der Waals surface area (Å²) >= 11 is 0. The summed E-state index contributed by atoms with van der Waals surface area (Å²) in [7, 11) is 0. The normalized spacial score (nSPS) is 23.7. The van der Waals surface area contributed by atoms with Gasteiger partial charge in [0.15, 0.2) is 0 Å². The second kappa shape index (κ2) is 3.98. The second-order valence-electron chi connectivity index (χ2n) is 4.78. The summed E-state index contributed by atoms with van der Waals surface area (Å²) in [5, 5.41) is 18.5. The molecule has 16 heavy (non-hydrogen) atoms. The van der Waals surface area contributed by atoms with E-state index in [1.807, 2.05) is 13.8 Å². The second-order valence-corrected chi connectivity index (χ2v) is 4.78. The molecule has 3 heteroatoms.